The standard InChI is InChI=1S/C28H27NOP2/c1-2-3-22-29(31(23-14-6-4-7-15-23)24-16-8-5-9-17-24)32-27-20-12-10-18-25(27)30-26-19-11-13-21-28(26)32/h4-21H,2-3,22H2,1H3. The van der Waals surface area contributed by atoms with Crippen molar-refractivity contribution in [2.75, 3.05) is 6.54 Å². The third-order valence-corrected chi connectivity index (χ3v) is 11.2. The van der Waals surface area contributed by atoms with Gasteiger partial charge in [0, 0.05) is 33.3 Å². The number of unbranched alkanes of at least 4 members (excludes halogenated alkanes) is 1. The van der Waals surface area contributed by atoms with Crippen molar-refractivity contribution in [1.82, 2.24) is 4.44 Å². The molecule has 1 aliphatic rings. The highest BCUT2D eigenvalue weighted by atomic mass is 31.2. The molecule has 0 bridgehead atoms. The minimum Gasteiger partial charge on any atom is -0.456 e. The molecule has 160 valence electrons. The zero-order valence-electron chi connectivity index (χ0n) is 18.3. The Kier molecular flexibility index (Phi) is 6.65. The number of hydrogen-bond acceptors (Lipinski definition) is 2. The number of benzene rings is 4. The van der Waals surface area contributed by atoms with Crippen LogP contribution >= 0.6 is 16.1 Å². The van der Waals surface area contributed by atoms with E-state index in [0.717, 1.165) is 18.0 Å². The van der Waals surface area contributed by atoms with Crippen LogP contribution in [-0.4, -0.2) is 11.0 Å². The molecule has 0 aromatic heterocycles. The predicted molar refractivity (Wildman–Crippen MR) is 140 cm³/mol. The van der Waals surface area contributed by atoms with Gasteiger partial charge < -0.3 is 4.74 Å². The average molecular weight is 455 g/mol. The monoisotopic (exact) mass is 455 g/mol. The van der Waals surface area contributed by atoms with E-state index in [-0.39, 0.29) is 0 Å². The third-order valence-electron chi connectivity index (χ3n) is 5.58. The lowest BCUT2D eigenvalue weighted by Crippen LogP contribution is -2.34. The summed E-state index contributed by atoms with van der Waals surface area (Å²) in [7, 11) is -1.42. The largest absolute Gasteiger partial charge is 0.456 e. The van der Waals surface area contributed by atoms with Crippen molar-refractivity contribution in [2.24, 2.45) is 0 Å². The molecule has 0 saturated carbocycles. The van der Waals surface area contributed by atoms with Gasteiger partial charge in [0.2, 0.25) is 0 Å². The van der Waals surface area contributed by atoms with Crippen LogP contribution < -0.4 is 26.0 Å². The molecule has 0 aliphatic carbocycles. The zero-order chi connectivity index (χ0) is 21.8. The number of rotatable bonds is 7. The Hall–Kier alpha value is -2.50. The summed E-state index contributed by atoms with van der Waals surface area (Å²) < 4.78 is 9.15. The normalized spacial score (nSPS) is 13.0. The van der Waals surface area contributed by atoms with Crippen molar-refractivity contribution in [2.45, 2.75) is 19.8 Å². The van der Waals surface area contributed by atoms with Gasteiger partial charge in [0.05, 0.1) is 0 Å². The lowest BCUT2D eigenvalue weighted by molar-refractivity contribution is 0.487. The Labute approximate surface area is 193 Å². The van der Waals surface area contributed by atoms with Gasteiger partial charge in [-0.05, 0) is 41.3 Å². The van der Waals surface area contributed by atoms with Crippen LogP contribution in [0, 0.1) is 0 Å². The maximum Gasteiger partial charge on any atom is 0.136 e. The molecule has 0 saturated heterocycles. The average Bonchev–Trinajstić information content (AvgIpc) is 2.86. The van der Waals surface area contributed by atoms with E-state index >= 15 is 0 Å². The van der Waals surface area contributed by atoms with E-state index in [9.17, 15) is 0 Å². The van der Waals surface area contributed by atoms with Crippen LogP contribution in [0.4, 0.5) is 0 Å². The van der Waals surface area contributed by atoms with Crippen LogP contribution in [0.1, 0.15) is 19.8 Å². The Morgan fingerprint density at radius 2 is 1.12 bits per heavy atom. The second-order valence-electron chi connectivity index (χ2n) is 7.78. The van der Waals surface area contributed by atoms with E-state index in [4.69, 9.17) is 4.74 Å². The molecule has 0 N–H and O–H groups in total. The molecule has 1 aliphatic heterocycles. The summed E-state index contributed by atoms with van der Waals surface area (Å²) in [6, 6.07) is 39.3. The van der Waals surface area contributed by atoms with Crippen LogP contribution in [-0.2, 0) is 0 Å². The van der Waals surface area contributed by atoms with E-state index in [1.54, 1.807) is 0 Å². The van der Waals surface area contributed by atoms with Crippen LogP contribution in [0.15, 0.2) is 109 Å². The summed E-state index contributed by atoms with van der Waals surface area (Å²) in [5.41, 5.74) is 0. The maximum atomic E-state index is 6.35. The first-order valence-electron chi connectivity index (χ1n) is 11.2. The summed E-state index contributed by atoms with van der Waals surface area (Å²) >= 11 is 0. The number of hydrogen-bond donors (Lipinski definition) is 0. The highest BCUT2D eigenvalue weighted by Gasteiger charge is 2.36. The van der Waals surface area contributed by atoms with Gasteiger partial charge in [-0.1, -0.05) is 98.3 Å². The number of nitrogens with zero attached hydrogens (tertiary/aromatic N) is 1. The summed E-state index contributed by atoms with van der Waals surface area (Å²) in [5, 5.41) is 5.43. The Morgan fingerprint density at radius 3 is 1.62 bits per heavy atom. The molecule has 32 heavy (non-hydrogen) atoms. The number of fused-ring (bicyclic) bond motifs is 2. The first-order chi connectivity index (χ1) is 15.9. The number of ether oxygens (including phenoxy) is 1. The van der Waals surface area contributed by atoms with Crippen LogP contribution in [0.25, 0.3) is 0 Å². The molecule has 0 fully saturated rings. The van der Waals surface area contributed by atoms with Gasteiger partial charge in [-0.15, -0.1) is 0 Å². The molecule has 4 aromatic carbocycles. The van der Waals surface area contributed by atoms with E-state index in [1.165, 1.54) is 34.1 Å². The molecule has 4 aromatic rings. The van der Waals surface area contributed by atoms with Gasteiger partial charge in [0.25, 0.3) is 0 Å². The van der Waals surface area contributed by atoms with Crippen LogP contribution in [0.2, 0.25) is 0 Å². The van der Waals surface area contributed by atoms with E-state index in [1.807, 2.05) is 0 Å². The SMILES string of the molecule is CCCCN(P(c1ccccc1)c1ccccc1)P1c2ccccc2Oc2ccccc21. The summed E-state index contributed by atoms with van der Waals surface area (Å²) in [6.07, 6.45) is 2.34. The molecule has 0 unspecified atom stereocenters. The van der Waals surface area contributed by atoms with Crippen LogP contribution in [0.3, 0.4) is 0 Å². The summed E-state index contributed by atoms with van der Waals surface area (Å²) in [4.78, 5) is 0. The fourth-order valence-corrected chi connectivity index (χ4v) is 10.3. The Balaban J connectivity index is 1.71. The lowest BCUT2D eigenvalue weighted by atomic mass is 10.3. The minimum atomic E-state index is -0.728. The second kappa shape index (κ2) is 9.97. The molecule has 0 spiro atoms. The maximum absolute atomic E-state index is 6.35. The topological polar surface area (TPSA) is 12.5 Å². The van der Waals surface area contributed by atoms with Crippen LogP contribution in [0.5, 0.6) is 11.5 Å². The molecule has 0 amide bonds. The Morgan fingerprint density at radius 1 is 0.656 bits per heavy atom. The third kappa shape index (κ3) is 4.24. The van der Waals surface area contributed by atoms with E-state index < -0.39 is 16.1 Å². The van der Waals surface area contributed by atoms with Gasteiger partial charge in [-0.2, -0.15) is 0 Å². The van der Waals surface area contributed by atoms with Gasteiger partial charge >= 0.3 is 0 Å². The smallest absolute Gasteiger partial charge is 0.136 e. The van der Waals surface area contributed by atoms with Gasteiger partial charge in [-0.3, -0.25) is 0 Å². The molecule has 0 radical (unpaired) electrons. The quantitative estimate of drug-likeness (QED) is 0.304. The summed E-state index contributed by atoms with van der Waals surface area (Å²) in [5.74, 6) is 1.99. The highest BCUT2D eigenvalue weighted by molar-refractivity contribution is 7.85. The molecule has 0 atom stereocenters. The molecule has 2 nitrogen and oxygen atoms in total. The van der Waals surface area contributed by atoms with Gasteiger partial charge in [0.15, 0.2) is 0 Å². The van der Waals surface area contributed by atoms with Crippen molar-refractivity contribution in [3.05, 3.63) is 109 Å². The zero-order valence-corrected chi connectivity index (χ0v) is 20.1. The first-order valence-corrected chi connectivity index (χ1v) is 13.8. The molecular formula is C28H27NOP2. The molecular weight excluding hydrogens is 428 g/mol. The predicted octanol–water partition coefficient (Wildman–Crippen LogP) is 6.29. The van der Waals surface area contributed by atoms with E-state index in [2.05, 4.69) is 121 Å². The fraction of sp³-hybridized carbons (Fsp3) is 0.143. The second-order valence-corrected chi connectivity index (χ2v) is 12.3. The fourth-order valence-electron chi connectivity index (χ4n) is 4.08. The van der Waals surface area contributed by atoms with Crippen molar-refractivity contribution in [3.8, 4) is 11.5 Å². The van der Waals surface area contributed by atoms with Gasteiger partial charge in [0.1, 0.15) is 11.5 Å². The van der Waals surface area contributed by atoms with Gasteiger partial charge in [-0.25, -0.2) is 4.44 Å². The van der Waals surface area contributed by atoms with Crippen molar-refractivity contribution in [1.29, 1.82) is 0 Å². The first kappa shape index (κ1) is 21.4. The highest BCUT2D eigenvalue weighted by Crippen LogP contribution is 2.58. The summed E-state index contributed by atoms with van der Waals surface area (Å²) in [6.45, 7) is 3.34. The lowest BCUT2D eigenvalue weighted by Gasteiger charge is -2.41. The van der Waals surface area contributed by atoms with E-state index in [0.29, 0.717) is 0 Å². The van der Waals surface area contributed by atoms with Crippen molar-refractivity contribution in [3.63, 3.8) is 0 Å². The molecule has 5 rings (SSSR count). The van der Waals surface area contributed by atoms with Crippen molar-refractivity contribution < 1.29 is 4.74 Å². The molecule has 1 heterocycles. The van der Waals surface area contributed by atoms with Crippen molar-refractivity contribution >= 4 is 37.4 Å². The molecule has 4 heteroatoms. The number of para-hydroxylation sites is 2. The minimum absolute atomic E-state index is 0.691. The Bertz CT molecular complexity index is 1080.